The number of hydrogen-bond acceptors (Lipinski definition) is 2. The average Bonchev–Trinajstić information content (AvgIpc) is 2.26. The number of alkyl halides is 1. The molecule has 2 nitrogen and oxygen atoms in total. The third-order valence-electron chi connectivity index (χ3n) is 2.80. The van der Waals surface area contributed by atoms with Gasteiger partial charge in [0.1, 0.15) is 5.75 Å². The third kappa shape index (κ3) is 6.20. The number of aromatic hydroxyl groups is 1. The first-order chi connectivity index (χ1) is 8.38. The summed E-state index contributed by atoms with van der Waals surface area (Å²) in [7, 11) is 0. The largest absolute Gasteiger partial charge is 0.507 e. The minimum absolute atomic E-state index is 0.216. The van der Waals surface area contributed by atoms with Crippen molar-refractivity contribution >= 4 is 22.1 Å². The SMILES string of the molecule is CC(CCCC(C)(C)Br)N=Cc1ccccc1O. The molecule has 0 aliphatic heterocycles. The number of para-hydroxylation sites is 1. The molecule has 1 aromatic rings. The molecule has 0 heterocycles. The summed E-state index contributed by atoms with van der Waals surface area (Å²) in [4.78, 5) is 4.47. The molecule has 100 valence electrons. The van der Waals surface area contributed by atoms with Crippen molar-refractivity contribution in [2.45, 2.75) is 50.4 Å². The molecule has 1 aromatic carbocycles. The molecule has 0 fully saturated rings. The van der Waals surface area contributed by atoms with Crippen LogP contribution in [0.2, 0.25) is 0 Å². The van der Waals surface area contributed by atoms with E-state index in [1.165, 1.54) is 0 Å². The molecule has 0 saturated carbocycles. The highest BCUT2D eigenvalue weighted by atomic mass is 79.9. The van der Waals surface area contributed by atoms with Gasteiger partial charge in [0.05, 0.1) is 0 Å². The zero-order chi connectivity index (χ0) is 13.6. The monoisotopic (exact) mass is 311 g/mol. The van der Waals surface area contributed by atoms with Crippen LogP contribution in [0.3, 0.4) is 0 Å². The first kappa shape index (κ1) is 15.2. The van der Waals surface area contributed by atoms with E-state index in [2.05, 4.69) is 41.7 Å². The molecule has 1 N–H and O–H groups in total. The van der Waals surface area contributed by atoms with E-state index < -0.39 is 0 Å². The highest BCUT2D eigenvalue weighted by molar-refractivity contribution is 9.10. The molecule has 1 unspecified atom stereocenters. The predicted octanol–water partition coefficient (Wildman–Crippen LogP) is 4.54. The van der Waals surface area contributed by atoms with E-state index in [0.29, 0.717) is 6.04 Å². The Hall–Kier alpha value is -0.830. The van der Waals surface area contributed by atoms with Crippen LogP contribution in [0.4, 0.5) is 0 Å². The van der Waals surface area contributed by atoms with Crippen molar-refractivity contribution in [3.8, 4) is 5.75 Å². The molecule has 0 amide bonds. The lowest BCUT2D eigenvalue weighted by atomic mass is 10.0. The molecular formula is C15H22BrNO. The smallest absolute Gasteiger partial charge is 0.124 e. The highest BCUT2D eigenvalue weighted by Crippen LogP contribution is 2.23. The summed E-state index contributed by atoms with van der Waals surface area (Å²) in [5.74, 6) is 0.287. The van der Waals surface area contributed by atoms with Crippen molar-refractivity contribution in [1.29, 1.82) is 0 Å². The summed E-state index contributed by atoms with van der Waals surface area (Å²) in [5.41, 5.74) is 0.783. The van der Waals surface area contributed by atoms with Gasteiger partial charge in [-0.3, -0.25) is 4.99 Å². The maximum atomic E-state index is 9.61. The summed E-state index contributed by atoms with van der Waals surface area (Å²) in [5, 5.41) is 9.61. The van der Waals surface area contributed by atoms with Gasteiger partial charge in [0.25, 0.3) is 0 Å². The zero-order valence-corrected chi connectivity index (χ0v) is 12.9. The summed E-state index contributed by atoms with van der Waals surface area (Å²) < 4.78 is 0.216. The standard InChI is InChI=1S/C15H22BrNO/c1-12(7-6-10-15(2,3)16)17-11-13-8-4-5-9-14(13)18/h4-5,8-9,11-12,18H,6-7,10H2,1-3H3. The van der Waals surface area contributed by atoms with Crippen LogP contribution in [0.15, 0.2) is 29.3 Å². The molecule has 18 heavy (non-hydrogen) atoms. The van der Waals surface area contributed by atoms with Gasteiger partial charge in [-0.15, -0.1) is 0 Å². The van der Waals surface area contributed by atoms with Gasteiger partial charge in [-0.2, -0.15) is 0 Å². The Kier molecular flexibility index (Phi) is 5.86. The van der Waals surface area contributed by atoms with Crippen LogP contribution in [0.5, 0.6) is 5.75 Å². The van der Waals surface area contributed by atoms with Gasteiger partial charge in [0.15, 0.2) is 0 Å². The summed E-state index contributed by atoms with van der Waals surface area (Å²) in [6.07, 6.45) is 5.12. The fourth-order valence-electron chi connectivity index (χ4n) is 1.70. The Morgan fingerprint density at radius 3 is 2.67 bits per heavy atom. The van der Waals surface area contributed by atoms with Gasteiger partial charge in [-0.1, -0.05) is 41.9 Å². The summed E-state index contributed by atoms with van der Waals surface area (Å²) >= 11 is 3.64. The molecule has 0 saturated heterocycles. The molecule has 1 rings (SSSR count). The molecule has 1 atom stereocenters. The highest BCUT2D eigenvalue weighted by Gasteiger charge is 2.12. The maximum absolute atomic E-state index is 9.61. The number of aliphatic imine (C=N–C) groups is 1. The quantitative estimate of drug-likeness (QED) is 0.607. The number of halogens is 1. The Morgan fingerprint density at radius 1 is 1.39 bits per heavy atom. The van der Waals surface area contributed by atoms with Crippen molar-refractivity contribution in [2.24, 2.45) is 4.99 Å². The summed E-state index contributed by atoms with van der Waals surface area (Å²) in [6.45, 7) is 6.48. The number of benzene rings is 1. The fourth-order valence-corrected chi connectivity index (χ4v) is 1.98. The first-order valence-corrected chi connectivity index (χ1v) is 7.18. The maximum Gasteiger partial charge on any atom is 0.124 e. The van der Waals surface area contributed by atoms with E-state index in [0.717, 1.165) is 24.8 Å². The molecule has 0 aromatic heterocycles. The molecule has 0 radical (unpaired) electrons. The molecule has 0 aliphatic carbocycles. The van der Waals surface area contributed by atoms with E-state index >= 15 is 0 Å². The number of phenolic OH excluding ortho intramolecular Hbond substituents is 1. The van der Waals surface area contributed by atoms with Gasteiger partial charge < -0.3 is 5.11 Å². The Morgan fingerprint density at radius 2 is 2.06 bits per heavy atom. The number of nitrogens with zero attached hydrogens (tertiary/aromatic N) is 1. The lowest BCUT2D eigenvalue weighted by Crippen LogP contribution is -2.10. The van der Waals surface area contributed by atoms with Crippen molar-refractivity contribution in [3.05, 3.63) is 29.8 Å². The van der Waals surface area contributed by atoms with Crippen LogP contribution >= 0.6 is 15.9 Å². The van der Waals surface area contributed by atoms with E-state index in [1.54, 1.807) is 12.3 Å². The molecule has 0 spiro atoms. The van der Waals surface area contributed by atoms with Gasteiger partial charge in [0, 0.05) is 22.1 Å². The Labute approximate surface area is 118 Å². The first-order valence-electron chi connectivity index (χ1n) is 6.38. The van der Waals surface area contributed by atoms with Gasteiger partial charge in [-0.25, -0.2) is 0 Å². The number of rotatable bonds is 6. The van der Waals surface area contributed by atoms with Gasteiger partial charge in [0.2, 0.25) is 0 Å². The average molecular weight is 312 g/mol. The van der Waals surface area contributed by atoms with Crippen LogP contribution < -0.4 is 0 Å². The van der Waals surface area contributed by atoms with Gasteiger partial charge >= 0.3 is 0 Å². The van der Waals surface area contributed by atoms with Crippen LogP contribution in [0, 0.1) is 0 Å². The fraction of sp³-hybridized carbons (Fsp3) is 0.533. The number of hydrogen-bond donors (Lipinski definition) is 1. The predicted molar refractivity (Wildman–Crippen MR) is 82.0 cm³/mol. The minimum Gasteiger partial charge on any atom is -0.507 e. The van der Waals surface area contributed by atoms with E-state index in [-0.39, 0.29) is 10.1 Å². The van der Waals surface area contributed by atoms with Crippen molar-refractivity contribution in [1.82, 2.24) is 0 Å². The second-order valence-electron chi connectivity index (χ2n) is 5.30. The molecule has 3 heteroatoms. The van der Waals surface area contributed by atoms with Gasteiger partial charge in [-0.05, 0) is 38.3 Å². The van der Waals surface area contributed by atoms with Crippen molar-refractivity contribution in [3.63, 3.8) is 0 Å². The van der Waals surface area contributed by atoms with Crippen LogP contribution in [0.25, 0.3) is 0 Å². The van der Waals surface area contributed by atoms with Crippen LogP contribution in [0.1, 0.15) is 45.6 Å². The van der Waals surface area contributed by atoms with Crippen molar-refractivity contribution < 1.29 is 5.11 Å². The zero-order valence-electron chi connectivity index (χ0n) is 11.4. The van der Waals surface area contributed by atoms with E-state index in [4.69, 9.17) is 0 Å². The molecule has 0 aliphatic rings. The van der Waals surface area contributed by atoms with Crippen LogP contribution in [-0.2, 0) is 0 Å². The Balaban J connectivity index is 2.41. The van der Waals surface area contributed by atoms with E-state index in [1.807, 2.05) is 18.2 Å². The third-order valence-corrected chi connectivity index (χ3v) is 3.19. The minimum atomic E-state index is 0.216. The van der Waals surface area contributed by atoms with E-state index in [9.17, 15) is 5.11 Å². The second kappa shape index (κ2) is 6.93. The molecule has 0 bridgehead atoms. The summed E-state index contributed by atoms with van der Waals surface area (Å²) in [6, 6.07) is 7.55. The molecular weight excluding hydrogens is 290 g/mol. The normalized spacial score (nSPS) is 14.0. The topological polar surface area (TPSA) is 32.6 Å². The van der Waals surface area contributed by atoms with Crippen molar-refractivity contribution in [2.75, 3.05) is 0 Å². The Bertz CT molecular complexity index is 396. The van der Waals surface area contributed by atoms with Crippen LogP contribution in [-0.4, -0.2) is 21.7 Å². The lowest BCUT2D eigenvalue weighted by molar-refractivity contribution is 0.474. The lowest BCUT2D eigenvalue weighted by Gasteiger charge is -2.16. The second-order valence-corrected chi connectivity index (χ2v) is 7.44. The number of phenols is 1.